The van der Waals surface area contributed by atoms with Crippen LogP contribution in [0.25, 0.3) is 21.6 Å². The maximum Gasteiger partial charge on any atom is 0.157 e. The second kappa shape index (κ2) is 10.6. The molecule has 0 spiro atoms. The number of aromatic nitrogens is 6. The number of hydrogen-bond acceptors (Lipinski definition) is 9. The monoisotopic (exact) mass is 477 g/mol. The molecular formula is C23H24FN9S. The van der Waals surface area contributed by atoms with E-state index in [9.17, 15) is 4.39 Å². The van der Waals surface area contributed by atoms with Crippen LogP contribution in [0.2, 0.25) is 0 Å². The molecule has 0 atom stereocenters. The lowest BCUT2D eigenvalue weighted by Gasteiger charge is -2.10. The summed E-state index contributed by atoms with van der Waals surface area (Å²) in [6, 6.07) is 3.91. The SMILES string of the molecule is FC1=C(CNc2ncnc3sc(CCNCCc4ncc(-c5ccncc5)[nH]4)nc23)N=CCC1. The summed E-state index contributed by atoms with van der Waals surface area (Å²) in [5.74, 6) is 1.37. The van der Waals surface area contributed by atoms with Crippen molar-refractivity contribution in [1.29, 1.82) is 0 Å². The zero-order valence-electron chi connectivity index (χ0n) is 18.5. The molecule has 0 fully saturated rings. The molecule has 1 aliphatic heterocycles. The van der Waals surface area contributed by atoms with E-state index >= 15 is 0 Å². The van der Waals surface area contributed by atoms with Gasteiger partial charge in [0.2, 0.25) is 0 Å². The minimum Gasteiger partial charge on any atom is -0.362 e. The van der Waals surface area contributed by atoms with E-state index in [1.165, 1.54) is 6.33 Å². The smallest absolute Gasteiger partial charge is 0.157 e. The molecule has 11 heteroatoms. The van der Waals surface area contributed by atoms with Gasteiger partial charge in [-0.25, -0.2) is 24.3 Å². The Morgan fingerprint density at radius 2 is 1.97 bits per heavy atom. The Morgan fingerprint density at radius 1 is 1.09 bits per heavy atom. The fourth-order valence-corrected chi connectivity index (χ4v) is 4.52. The van der Waals surface area contributed by atoms with E-state index in [-0.39, 0.29) is 12.4 Å². The van der Waals surface area contributed by atoms with Crippen LogP contribution in [0.15, 0.2) is 53.6 Å². The first kappa shape index (κ1) is 22.2. The molecule has 0 saturated heterocycles. The molecule has 0 saturated carbocycles. The van der Waals surface area contributed by atoms with Gasteiger partial charge in [-0.15, -0.1) is 0 Å². The summed E-state index contributed by atoms with van der Waals surface area (Å²) in [5, 5.41) is 7.58. The third kappa shape index (κ3) is 5.32. The van der Waals surface area contributed by atoms with Crippen LogP contribution in [-0.2, 0) is 12.8 Å². The fraction of sp³-hybridized carbons (Fsp3) is 0.304. The Morgan fingerprint density at radius 3 is 2.85 bits per heavy atom. The van der Waals surface area contributed by atoms with Crippen LogP contribution in [0.3, 0.4) is 0 Å². The van der Waals surface area contributed by atoms with Crippen molar-refractivity contribution in [3.8, 4) is 11.3 Å². The molecule has 5 heterocycles. The van der Waals surface area contributed by atoms with E-state index < -0.39 is 0 Å². The minimum atomic E-state index is -0.173. The van der Waals surface area contributed by atoms with Gasteiger partial charge in [0, 0.05) is 56.5 Å². The van der Waals surface area contributed by atoms with Gasteiger partial charge in [-0.05, 0) is 18.6 Å². The van der Waals surface area contributed by atoms with Crippen molar-refractivity contribution < 1.29 is 4.39 Å². The molecule has 0 aliphatic carbocycles. The number of hydrogen-bond donors (Lipinski definition) is 3. The summed E-state index contributed by atoms with van der Waals surface area (Å²) in [4.78, 5) is 30.2. The summed E-state index contributed by atoms with van der Waals surface area (Å²) in [7, 11) is 0. The molecule has 0 bridgehead atoms. The van der Waals surface area contributed by atoms with E-state index in [1.807, 2.05) is 18.3 Å². The highest BCUT2D eigenvalue weighted by atomic mass is 32.1. The molecule has 0 amide bonds. The lowest BCUT2D eigenvalue weighted by molar-refractivity contribution is 0.575. The number of H-pyrrole nitrogens is 1. The standard InChI is InChI=1S/C23H24FN9S/c24-16-2-1-7-27-18(16)13-29-22-21-23(31-14-30-22)34-20(33-21)6-11-26-10-5-19-28-12-17(32-19)15-3-8-25-9-4-15/h3-4,7-9,12,14,26H,1-2,5-6,10-11,13H2,(H,28,32)(H,29,30,31). The van der Waals surface area contributed by atoms with Gasteiger partial charge < -0.3 is 15.6 Å². The number of imidazole rings is 1. The minimum absolute atomic E-state index is 0.173. The van der Waals surface area contributed by atoms with Crippen LogP contribution in [0.5, 0.6) is 0 Å². The van der Waals surface area contributed by atoms with E-state index in [4.69, 9.17) is 4.98 Å². The fourth-order valence-electron chi connectivity index (χ4n) is 3.62. The molecule has 174 valence electrons. The quantitative estimate of drug-likeness (QED) is 0.298. The zero-order valence-corrected chi connectivity index (χ0v) is 19.3. The number of nitrogens with zero attached hydrogens (tertiary/aromatic N) is 6. The van der Waals surface area contributed by atoms with Crippen molar-refractivity contribution in [2.24, 2.45) is 4.99 Å². The third-order valence-corrected chi connectivity index (χ3v) is 6.41. The normalized spacial score (nSPS) is 13.7. The van der Waals surface area contributed by atoms with Gasteiger partial charge in [0.15, 0.2) is 5.82 Å². The Labute approximate surface area is 199 Å². The Kier molecular flexibility index (Phi) is 6.91. The third-order valence-electron chi connectivity index (χ3n) is 5.39. The molecule has 1 aliphatic rings. The largest absolute Gasteiger partial charge is 0.362 e. The number of nitrogens with one attached hydrogen (secondary N) is 3. The predicted octanol–water partition coefficient (Wildman–Crippen LogP) is 3.70. The number of rotatable bonds is 10. The van der Waals surface area contributed by atoms with Gasteiger partial charge in [0.1, 0.15) is 28.3 Å². The first-order valence-electron chi connectivity index (χ1n) is 11.2. The maximum atomic E-state index is 13.9. The van der Waals surface area contributed by atoms with E-state index in [0.29, 0.717) is 29.9 Å². The van der Waals surface area contributed by atoms with Crippen molar-refractivity contribution in [1.82, 2.24) is 35.2 Å². The molecule has 3 N–H and O–H groups in total. The van der Waals surface area contributed by atoms with Gasteiger partial charge in [-0.2, -0.15) is 0 Å². The van der Waals surface area contributed by atoms with Crippen LogP contribution < -0.4 is 10.6 Å². The van der Waals surface area contributed by atoms with Crippen molar-refractivity contribution in [2.45, 2.75) is 25.7 Å². The second-order valence-corrected chi connectivity index (χ2v) is 8.83. The van der Waals surface area contributed by atoms with Crippen LogP contribution in [0.1, 0.15) is 23.7 Å². The van der Waals surface area contributed by atoms with E-state index in [2.05, 4.69) is 40.5 Å². The highest BCUT2D eigenvalue weighted by Crippen LogP contribution is 2.26. The van der Waals surface area contributed by atoms with E-state index in [0.717, 1.165) is 52.9 Å². The van der Waals surface area contributed by atoms with E-state index in [1.54, 1.807) is 29.9 Å². The number of thiazole rings is 1. The molecule has 0 aromatic carbocycles. The molecule has 0 radical (unpaired) electrons. The lowest BCUT2D eigenvalue weighted by atomic mass is 10.2. The summed E-state index contributed by atoms with van der Waals surface area (Å²) >= 11 is 1.55. The molecule has 5 rings (SSSR count). The van der Waals surface area contributed by atoms with Crippen molar-refractivity contribution >= 4 is 33.7 Å². The maximum absolute atomic E-state index is 13.9. The average molecular weight is 478 g/mol. The highest BCUT2D eigenvalue weighted by molar-refractivity contribution is 7.18. The van der Waals surface area contributed by atoms with Gasteiger partial charge in [-0.3, -0.25) is 9.98 Å². The topological polar surface area (TPSA) is 117 Å². The number of anilines is 1. The molecule has 4 aromatic rings. The van der Waals surface area contributed by atoms with Crippen molar-refractivity contribution in [2.75, 3.05) is 25.0 Å². The summed E-state index contributed by atoms with van der Waals surface area (Å²) in [5.41, 5.74) is 3.19. The summed E-state index contributed by atoms with van der Waals surface area (Å²) in [6.45, 7) is 1.88. The molecule has 4 aromatic heterocycles. The van der Waals surface area contributed by atoms with Gasteiger partial charge in [0.25, 0.3) is 0 Å². The second-order valence-electron chi connectivity index (χ2n) is 7.77. The average Bonchev–Trinajstić information content (AvgIpc) is 3.51. The van der Waals surface area contributed by atoms with Crippen LogP contribution in [0.4, 0.5) is 10.2 Å². The van der Waals surface area contributed by atoms with Gasteiger partial charge >= 0.3 is 0 Å². The van der Waals surface area contributed by atoms with Gasteiger partial charge in [0.05, 0.1) is 29.1 Å². The number of aliphatic imine (C=N–C) groups is 1. The van der Waals surface area contributed by atoms with Crippen LogP contribution in [-0.4, -0.2) is 55.8 Å². The number of allylic oxidation sites excluding steroid dienone is 1. The van der Waals surface area contributed by atoms with Gasteiger partial charge in [-0.1, -0.05) is 11.3 Å². The Bertz CT molecular complexity index is 1310. The first-order chi connectivity index (χ1) is 16.8. The summed E-state index contributed by atoms with van der Waals surface area (Å²) in [6.07, 6.45) is 11.3. The number of halogens is 1. The van der Waals surface area contributed by atoms with Crippen LogP contribution in [0, 0.1) is 0 Å². The zero-order chi connectivity index (χ0) is 23.2. The molecule has 9 nitrogen and oxygen atoms in total. The predicted molar refractivity (Wildman–Crippen MR) is 132 cm³/mol. The first-order valence-corrected chi connectivity index (χ1v) is 12.0. The molecule has 34 heavy (non-hydrogen) atoms. The number of fused-ring (bicyclic) bond motifs is 1. The number of pyridine rings is 1. The Balaban J connectivity index is 1.11. The van der Waals surface area contributed by atoms with Crippen molar-refractivity contribution in [3.05, 3.63) is 59.4 Å². The highest BCUT2D eigenvalue weighted by Gasteiger charge is 2.13. The molecule has 0 unspecified atom stereocenters. The van der Waals surface area contributed by atoms with Crippen LogP contribution >= 0.6 is 11.3 Å². The molecular weight excluding hydrogens is 453 g/mol. The number of aromatic amines is 1. The Hall–Kier alpha value is -3.57. The lowest BCUT2D eigenvalue weighted by Crippen LogP contribution is -2.20. The summed E-state index contributed by atoms with van der Waals surface area (Å²) < 4.78 is 13.9. The van der Waals surface area contributed by atoms with Crippen molar-refractivity contribution in [3.63, 3.8) is 0 Å².